The highest BCUT2D eigenvalue weighted by atomic mass is 16.5. The first kappa shape index (κ1) is 7.67. The van der Waals surface area contributed by atoms with Crippen molar-refractivity contribution >= 4 is 11.9 Å². The zero-order valence-electron chi connectivity index (χ0n) is 6.11. The zero-order valence-corrected chi connectivity index (χ0v) is 6.11. The molecule has 0 fully saturated rings. The minimum absolute atomic E-state index is 0.115. The van der Waals surface area contributed by atoms with Crippen LogP contribution < -0.4 is 11.5 Å². The van der Waals surface area contributed by atoms with Crippen molar-refractivity contribution < 1.29 is 4.74 Å². The van der Waals surface area contributed by atoms with E-state index in [2.05, 4.69) is 15.0 Å². The van der Waals surface area contributed by atoms with Gasteiger partial charge >= 0.3 is 0 Å². The highest BCUT2D eigenvalue weighted by molar-refractivity contribution is 5.25. The fraction of sp³-hybridized carbons (Fsp3) is 0.400. The molecule has 0 aliphatic rings. The normalized spacial score (nSPS) is 9.91. The van der Waals surface area contributed by atoms with Crippen molar-refractivity contribution in [2.75, 3.05) is 18.6 Å². The second-order valence-electron chi connectivity index (χ2n) is 1.90. The van der Waals surface area contributed by atoms with Gasteiger partial charge in [-0.1, -0.05) is 0 Å². The van der Waals surface area contributed by atoms with Gasteiger partial charge in [-0.15, -0.1) is 0 Å². The number of hydrogen-bond donors (Lipinski definition) is 2. The Labute approximate surface area is 63.6 Å². The van der Waals surface area contributed by atoms with Crippen LogP contribution in [0.5, 0.6) is 0 Å². The Bertz CT molecular complexity index is 230. The third-order valence-electron chi connectivity index (χ3n) is 0.990. The Morgan fingerprint density at radius 1 is 1.18 bits per heavy atom. The molecule has 0 saturated carbocycles. The average Bonchev–Trinajstić information content (AvgIpc) is 1.85. The van der Waals surface area contributed by atoms with Crippen molar-refractivity contribution in [3.8, 4) is 0 Å². The summed E-state index contributed by atoms with van der Waals surface area (Å²) in [6, 6.07) is 0. The molecule has 0 bridgehead atoms. The van der Waals surface area contributed by atoms with E-state index in [1.165, 1.54) is 7.11 Å². The minimum atomic E-state index is 0.115. The predicted octanol–water partition coefficient (Wildman–Crippen LogP) is -0.818. The van der Waals surface area contributed by atoms with E-state index in [9.17, 15) is 0 Å². The lowest BCUT2D eigenvalue weighted by atomic mass is 10.6. The van der Waals surface area contributed by atoms with E-state index in [-0.39, 0.29) is 18.5 Å². The first-order valence-electron chi connectivity index (χ1n) is 2.97. The smallest absolute Gasteiger partial charge is 0.225 e. The number of aromatic nitrogens is 3. The van der Waals surface area contributed by atoms with Crippen molar-refractivity contribution in [3.05, 3.63) is 5.82 Å². The lowest BCUT2D eigenvalue weighted by Gasteiger charge is -1.99. The third-order valence-corrected chi connectivity index (χ3v) is 0.990. The second kappa shape index (κ2) is 3.11. The number of nitrogen functional groups attached to an aromatic ring is 2. The molecule has 6 heteroatoms. The van der Waals surface area contributed by atoms with Crippen LogP contribution in [0.4, 0.5) is 11.9 Å². The van der Waals surface area contributed by atoms with Crippen molar-refractivity contribution in [2.24, 2.45) is 0 Å². The summed E-state index contributed by atoms with van der Waals surface area (Å²) in [6.45, 7) is 0.289. The van der Waals surface area contributed by atoms with Gasteiger partial charge in [-0.3, -0.25) is 0 Å². The first-order valence-corrected chi connectivity index (χ1v) is 2.97. The summed E-state index contributed by atoms with van der Waals surface area (Å²) < 4.78 is 4.77. The first-order chi connectivity index (χ1) is 5.22. The van der Waals surface area contributed by atoms with Crippen molar-refractivity contribution in [2.45, 2.75) is 6.61 Å². The van der Waals surface area contributed by atoms with Crippen LogP contribution >= 0.6 is 0 Å². The number of nitrogens with two attached hydrogens (primary N) is 2. The molecule has 11 heavy (non-hydrogen) atoms. The van der Waals surface area contributed by atoms with Gasteiger partial charge < -0.3 is 16.2 Å². The average molecular weight is 155 g/mol. The van der Waals surface area contributed by atoms with Gasteiger partial charge in [0.25, 0.3) is 0 Å². The Kier molecular flexibility index (Phi) is 2.17. The molecule has 0 aliphatic carbocycles. The monoisotopic (exact) mass is 155 g/mol. The van der Waals surface area contributed by atoms with Gasteiger partial charge in [0.1, 0.15) is 6.61 Å². The van der Waals surface area contributed by atoms with Crippen LogP contribution in [0.2, 0.25) is 0 Å². The summed E-state index contributed by atoms with van der Waals surface area (Å²) >= 11 is 0. The largest absolute Gasteiger partial charge is 0.377 e. The molecule has 60 valence electrons. The fourth-order valence-corrected chi connectivity index (χ4v) is 0.650. The standard InChI is InChI=1S/C5H9N5O/c1-11-2-3-8-4(6)10-5(7)9-3/h2H2,1H3,(H4,6,7,8,9,10). The molecule has 1 aromatic heterocycles. The number of rotatable bonds is 2. The van der Waals surface area contributed by atoms with E-state index in [4.69, 9.17) is 16.2 Å². The van der Waals surface area contributed by atoms with Crippen molar-refractivity contribution in [1.29, 1.82) is 0 Å². The molecular weight excluding hydrogens is 146 g/mol. The van der Waals surface area contributed by atoms with Crippen LogP contribution in [-0.4, -0.2) is 22.1 Å². The summed E-state index contributed by atoms with van der Waals surface area (Å²) in [6.07, 6.45) is 0. The molecular formula is C5H9N5O. The molecule has 1 rings (SSSR count). The Morgan fingerprint density at radius 2 is 1.73 bits per heavy atom. The van der Waals surface area contributed by atoms with Gasteiger partial charge in [0.15, 0.2) is 5.82 Å². The molecule has 0 aromatic carbocycles. The molecule has 1 heterocycles. The van der Waals surface area contributed by atoms with Crippen LogP contribution in [0.3, 0.4) is 0 Å². The molecule has 0 atom stereocenters. The van der Waals surface area contributed by atoms with Crippen LogP contribution in [0, 0.1) is 0 Å². The quantitative estimate of drug-likeness (QED) is 0.579. The third kappa shape index (κ3) is 2.01. The Hall–Kier alpha value is -1.43. The topological polar surface area (TPSA) is 99.9 Å². The molecule has 4 N–H and O–H groups in total. The van der Waals surface area contributed by atoms with Gasteiger partial charge in [-0.05, 0) is 0 Å². The fourth-order valence-electron chi connectivity index (χ4n) is 0.650. The van der Waals surface area contributed by atoms with E-state index >= 15 is 0 Å². The van der Waals surface area contributed by atoms with E-state index in [1.54, 1.807) is 0 Å². The number of nitrogens with zero attached hydrogens (tertiary/aromatic N) is 3. The number of methoxy groups -OCH3 is 1. The highest BCUT2D eigenvalue weighted by Gasteiger charge is 1.99. The van der Waals surface area contributed by atoms with E-state index in [0.717, 1.165) is 0 Å². The van der Waals surface area contributed by atoms with Gasteiger partial charge in [-0.2, -0.15) is 15.0 Å². The van der Waals surface area contributed by atoms with Crippen LogP contribution in [-0.2, 0) is 11.3 Å². The SMILES string of the molecule is COCc1nc(N)nc(N)n1. The molecule has 0 unspecified atom stereocenters. The highest BCUT2D eigenvalue weighted by Crippen LogP contribution is 1.98. The van der Waals surface area contributed by atoms with Gasteiger partial charge in [0.2, 0.25) is 11.9 Å². The lowest BCUT2D eigenvalue weighted by molar-refractivity contribution is 0.178. The maximum Gasteiger partial charge on any atom is 0.225 e. The molecule has 0 aliphatic heterocycles. The van der Waals surface area contributed by atoms with Crippen LogP contribution in [0.15, 0.2) is 0 Å². The van der Waals surface area contributed by atoms with Crippen LogP contribution in [0.25, 0.3) is 0 Å². The van der Waals surface area contributed by atoms with Gasteiger partial charge in [0.05, 0.1) is 0 Å². The summed E-state index contributed by atoms with van der Waals surface area (Å²) in [5.41, 5.74) is 10.6. The molecule has 0 spiro atoms. The van der Waals surface area contributed by atoms with E-state index in [0.29, 0.717) is 5.82 Å². The summed E-state index contributed by atoms with van der Waals surface area (Å²) in [7, 11) is 1.54. The lowest BCUT2D eigenvalue weighted by Crippen LogP contribution is -2.07. The number of anilines is 2. The predicted molar refractivity (Wildman–Crippen MR) is 39.4 cm³/mol. The van der Waals surface area contributed by atoms with E-state index in [1.807, 2.05) is 0 Å². The number of ether oxygens (including phenoxy) is 1. The van der Waals surface area contributed by atoms with Crippen LogP contribution in [0.1, 0.15) is 5.82 Å². The Morgan fingerprint density at radius 3 is 2.18 bits per heavy atom. The second-order valence-corrected chi connectivity index (χ2v) is 1.90. The molecule has 0 radical (unpaired) electrons. The van der Waals surface area contributed by atoms with Gasteiger partial charge in [-0.25, -0.2) is 0 Å². The molecule has 0 amide bonds. The zero-order chi connectivity index (χ0) is 8.27. The summed E-state index contributed by atoms with van der Waals surface area (Å²) in [5.74, 6) is 0.673. The maximum atomic E-state index is 5.29. The van der Waals surface area contributed by atoms with E-state index < -0.39 is 0 Å². The molecule has 6 nitrogen and oxygen atoms in total. The maximum absolute atomic E-state index is 5.29. The molecule has 1 aromatic rings. The Balaban J connectivity index is 2.89. The summed E-state index contributed by atoms with van der Waals surface area (Å²) in [4.78, 5) is 11.1. The van der Waals surface area contributed by atoms with Crippen molar-refractivity contribution in [3.63, 3.8) is 0 Å². The van der Waals surface area contributed by atoms with Gasteiger partial charge in [0, 0.05) is 7.11 Å². The minimum Gasteiger partial charge on any atom is -0.377 e. The summed E-state index contributed by atoms with van der Waals surface area (Å²) in [5, 5.41) is 0. The number of hydrogen-bond acceptors (Lipinski definition) is 6. The van der Waals surface area contributed by atoms with Crippen molar-refractivity contribution in [1.82, 2.24) is 15.0 Å². The molecule has 0 saturated heterocycles.